The number of hydrogen-bond donors (Lipinski definition) is 1. The third kappa shape index (κ3) is 5.91. The normalized spacial score (nSPS) is 17.0. The second-order valence-electron chi connectivity index (χ2n) is 11.7. The third-order valence-electron chi connectivity index (χ3n) is 6.96. The number of aliphatic hydroxyl groups excluding tert-OH is 1. The summed E-state index contributed by atoms with van der Waals surface area (Å²) >= 11 is 0. The Bertz CT molecular complexity index is 1430. The largest absolute Gasteiger partial charge is 0.507 e. The van der Waals surface area contributed by atoms with Crippen LogP contribution in [0.5, 0.6) is 11.5 Å². The summed E-state index contributed by atoms with van der Waals surface area (Å²) in [6.07, 6.45) is 0. The molecule has 210 valence electrons. The van der Waals surface area contributed by atoms with Crippen molar-refractivity contribution in [3.8, 4) is 11.5 Å². The topological polar surface area (TPSA) is 76.1 Å². The molecule has 1 atom stereocenters. The van der Waals surface area contributed by atoms with Gasteiger partial charge in [0.15, 0.2) is 0 Å². The van der Waals surface area contributed by atoms with Gasteiger partial charge in [0, 0.05) is 17.3 Å². The summed E-state index contributed by atoms with van der Waals surface area (Å²) in [6, 6.07) is 19.5. The number of carbonyl (C=O) groups is 2. The van der Waals surface area contributed by atoms with Crippen LogP contribution in [0.3, 0.4) is 0 Å². The molecular formula is C34H39NO5. The van der Waals surface area contributed by atoms with E-state index in [0.29, 0.717) is 41.9 Å². The van der Waals surface area contributed by atoms with Crippen LogP contribution in [0, 0.1) is 12.8 Å². The van der Waals surface area contributed by atoms with Crippen LogP contribution < -0.4 is 14.4 Å². The maximum Gasteiger partial charge on any atom is 0.300 e. The summed E-state index contributed by atoms with van der Waals surface area (Å²) in [5.41, 5.74) is 3.63. The lowest BCUT2D eigenvalue weighted by atomic mass is 9.85. The molecule has 40 heavy (non-hydrogen) atoms. The van der Waals surface area contributed by atoms with Crippen LogP contribution in [0.1, 0.15) is 69.8 Å². The summed E-state index contributed by atoms with van der Waals surface area (Å²) < 4.78 is 11.6. The molecule has 0 spiro atoms. The van der Waals surface area contributed by atoms with Crippen LogP contribution in [0.2, 0.25) is 0 Å². The zero-order valence-electron chi connectivity index (χ0n) is 24.4. The van der Waals surface area contributed by atoms with E-state index in [0.717, 1.165) is 16.7 Å². The number of ether oxygens (including phenoxy) is 2. The van der Waals surface area contributed by atoms with Gasteiger partial charge in [0.25, 0.3) is 11.7 Å². The molecule has 1 heterocycles. The molecule has 0 aromatic heterocycles. The summed E-state index contributed by atoms with van der Waals surface area (Å²) in [5.74, 6) is 0.0272. The van der Waals surface area contributed by atoms with Gasteiger partial charge >= 0.3 is 0 Å². The molecule has 0 saturated carbocycles. The van der Waals surface area contributed by atoms with Gasteiger partial charge < -0.3 is 14.6 Å². The van der Waals surface area contributed by atoms with Crippen LogP contribution in [-0.2, 0) is 15.0 Å². The average Bonchev–Trinajstić information content (AvgIpc) is 3.17. The van der Waals surface area contributed by atoms with Gasteiger partial charge in [-0.2, -0.15) is 0 Å². The number of hydrogen-bond acceptors (Lipinski definition) is 5. The molecule has 1 fully saturated rings. The summed E-state index contributed by atoms with van der Waals surface area (Å²) in [5, 5.41) is 11.6. The van der Waals surface area contributed by atoms with Crippen LogP contribution >= 0.6 is 0 Å². The fourth-order valence-corrected chi connectivity index (χ4v) is 4.84. The van der Waals surface area contributed by atoms with E-state index in [1.54, 1.807) is 36.4 Å². The fourth-order valence-electron chi connectivity index (χ4n) is 4.84. The van der Waals surface area contributed by atoms with Gasteiger partial charge in [0.2, 0.25) is 0 Å². The number of aryl methyl sites for hydroxylation is 1. The van der Waals surface area contributed by atoms with Crippen molar-refractivity contribution in [2.45, 2.75) is 59.9 Å². The lowest BCUT2D eigenvalue weighted by Gasteiger charge is -2.27. The Kier molecular flexibility index (Phi) is 8.38. The minimum atomic E-state index is -0.817. The molecule has 3 aromatic rings. The van der Waals surface area contributed by atoms with E-state index < -0.39 is 17.7 Å². The molecule has 3 aromatic carbocycles. The molecule has 1 saturated heterocycles. The second kappa shape index (κ2) is 11.6. The maximum atomic E-state index is 13.6. The van der Waals surface area contributed by atoms with Gasteiger partial charge in [-0.3, -0.25) is 14.5 Å². The van der Waals surface area contributed by atoms with E-state index in [4.69, 9.17) is 9.47 Å². The van der Waals surface area contributed by atoms with Crippen molar-refractivity contribution in [1.29, 1.82) is 0 Å². The van der Waals surface area contributed by atoms with Gasteiger partial charge in [0.1, 0.15) is 17.3 Å². The fraction of sp³-hybridized carbons (Fsp3) is 0.353. The average molecular weight is 542 g/mol. The number of carbonyl (C=O) groups excluding carboxylic acids is 2. The highest BCUT2D eigenvalue weighted by Gasteiger charge is 2.47. The number of amides is 1. The molecule has 1 aliphatic rings. The summed E-state index contributed by atoms with van der Waals surface area (Å²) in [7, 11) is 0. The highest BCUT2D eigenvalue weighted by Crippen LogP contribution is 2.43. The van der Waals surface area contributed by atoms with Crippen molar-refractivity contribution in [3.63, 3.8) is 0 Å². The molecule has 4 rings (SSSR count). The lowest BCUT2D eigenvalue weighted by Crippen LogP contribution is -2.29. The Morgan fingerprint density at radius 3 is 2.27 bits per heavy atom. The quantitative estimate of drug-likeness (QED) is 0.183. The van der Waals surface area contributed by atoms with Crippen molar-refractivity contribution in [2.75, 3.05) is 18.1 Å². The first kappa shape index (κ1) is 28.9. The highest BCUT2D eigenvalue weighted by atomic mass is 16.5. The van der Waals surface area contributed by atoms with Crippen molar-refractivity contribution in [1.82, 2.24) is 0 Å². The van der Waals surface area contributed by atoms with Crippen molar-refractivity contribution in [3.05, 3.63) is 94.6 Å². The van der Waals surface area contributed by atoms with Crippen molar-refractivity contribution >= 4 is 23.1 Å². The predicted octanol–water partition coefficient (Wildman–Crippen LogP) is 7.35. The van der Waals surface area contributed by atoms with Crippen molar-refractivity contribution < 1.29 is 24.2 Å². The van der Waals surface area contributed by atoms with E-state index in [9.17, 15) is 14.7 Å². The van der Waals surface area contributed by atoms with Gasteiger partial charge in [0.05, 0.1) is 24.8 Å². The number of aliphatic hydroxyl groups is 1. The molecule has 1 N–H and O–H groups in total. The number of rotatable bonds is 8. The minimum Gasteiger partial charge on any atom is -0.507 e. The first-order valence-electron chi connectivity index (χ1n) is 13.8. The van der Waals surface area contributed by atoms with Crippen LogP contribution in [0.4, 0.5) is 5.69 Å². The molecule has 0 bridgehead atoms. The molecular weight excluding hydrogens is 502 g/mol. The number of nitrogens with zero attached hydrogens (tertiary/aromatic N) is 1. The van der Waals surface area contributed by atoms with E-state index in [-0.39, 0.29) is 16.7 Å². The Morgan fingerprint density at radius 1 is 0.975 bits per heavy atom. The molecule has 0 radical (unpaired) electrons. The molecule has 6 heteroatoms. The SMILES string of the molecule is CCOc1cccc(N2C(=O)C(=O)/C(=C(/O)c3ccc(OCC(C)C)c(C)c3)C2c2ccc(C(C)(C)C)cc2)c1. The summed E-state index contributed by atoms with van der Waals surface area (Å²) in [6.45, 7) is 15.4. The number of ketones is 1. The molecule has 1 aliphatic heterocycles. The molecule has 6 nitrogen and oxygen atoms in total. The Labute approximate surface area is 237 Å². The molecule has 1 unspecified atom stereocenters. The van der Waals surface area contributed by atoms with Gasteiger partial charge in [-0.05, 0) is 72.2 Å². The Balaban J connectivity index is 1.86. The third-order valence-corrected chi connectivity index (χ3v) is 6.96. The summed E-state index contributed by atoms with van der Waals surface area (Å²) in [4.78, 5) is 28.6. The van der Waals surface area contributed by atoms with E-state index in [2.05, 4.69) is 34.6 Å². The number of anilines is 1. The number of Topliss-reactive ketones (excluding diaryl/α,β-unsaturated/α-hetero) is 1. The van der Waals surface area contributed by atoms with Gasteiger partial charge in [-0.1, -0.05) is 65.0 Å². The van der Waals surface area contributed by atoms with E-state index >= 15 is 0 Å². The molecule has 0 aliphatic carbocycles. The zero-order chi connectivity index (χ0) is 29.2. The first-order valence-corrected chi connectivity index (χ1v) is 13.8. The maximum absolute atomic E-state index is 13.6. The number of benzene rings is 3. The van der Waals surface area contributed by atoms with Crippen LogP contribution in [0.15, 0.2) is 72.3 Å². The van der Waals surface area contributed by atoms with Gasteiger partial charge in [-0.25, -0.2) is 0 Å². The monoisotopic (exact) mass is 541 g/mol. The van der Waals surface area contributed by atoms with Crippen molar-refractivity contribution in [2.24, 2.45) is 5.92 Å². The Morgan fingerprint density at radius 2 is 1.68 bits per heavy atom. The van der Waals surface area contributed by atoms with Gasteiger partial charge in [-0.15, -0.1) is 0 Å². The van der Waals surface area contributed by atoms with Crippen LogP contribution in [-0.4, -0.2) is 30.0 Å². The second-order valence-corrected chi connectivity index (χ2v) is 11.7. The highest BCUT2D eigenvalue weighted by molar-refractivity contribution is 6.51. The first-order chi connectivity index (χ1) is 18.9. The Hall–Kier alpha value is -4.06. The lowest BCUT2D eigenvalue weighted by molar-refractivity contribution is -0.132. The minimum absolute atomic E-state index is 0.0468. The standard InChI is InChI=1S/C34H39NO5/c1-8-39-27-11-9-10-26(19-27)35-30(23-12-15-25(16-13-23)34(5,6)7)29(32(37)33(35)38)31(36)24-14-17-28(22(4)18-24)40-20-21(2)3/h9-19,21,30,36H,8,20H2,1-7H3/b31-29+. The van der Waals surface area contributed by atoms with Crippen LogP contribution in [0.25, 0.3) is 5.76 Å². The predicted molar refractivity (Wildman–Crippen MR) is 159 cm³/mol. The smallest absolute Gasteiger partial charge is 0.300 e. The zero-order valence-corrected chi connectivity index (χ0v) is 24.4. The van der Waals surface area contributed by atoms with E-state index in [1.807, 2.05) is 44.2 Å². The molecule has 1 amide bonds. The van der Waals surface area contributed by atoms with E-state index in [1.165, 1.54) is 4.90 Å².